The van der Waals surface area contributed by atoms with Crippen molar-refractivity contribution >= 4 is 28.9 Å². The molecule has 0 aliphatic rings. The summed E-state index contributed by atoms with van der Waals surface area (Å²) in [6.45, 7) is 0. The van der Waals surface area contributed by atoms with Gasteiger partial charge in [0.05, 0.1) is 12.8 Å². The highest BCUT2D eigenvalue weighted by Gasteiger charge is 2.24. The van der Waals surface area contributed by atoms with Gasteiger partial charge in [-0.15, -0.1) is 0 Å². The van der Waals surface area contributed by atoms with E-state index in [-0.39, 0.29) is 22.1 Å². The molecular weight excluding hydrogens is 419 g/mol. The fraction of sp³-hybridized carbons (Fsp3) is 0.0500. The average Bonchev–Trinajstić information content (AvgIpc) is 3.11. The molecule has 0 radical (unpaired) electrons. The summed E-state index contributed by atoms with van der Waals surface area (Å²) in [6.07, 6.45) is 1.39. The number of aromatic nitrogens is 3. The van der Waals surface area contributed by atoms with Crippen LogP contribution in [0.5, 0.6) is 0 Å². The Balaban J connectivity index is 1.97. The molecule has 10 heteroatoms. The molecule has 0 unspecified atom stereocenters. The first-order chi connectivity index (χ1) is 14.5. The number of hydrogen-bond donors (Lipinski definition) is 0. The van der Waals surface area contributed by atoms with Crippen LogP contribution in [0.4, 0.5) is 13.2 Å². The maximum atomic E-state index is 14.6. The summed E-state index contributed by atoms with van der Waals surface area (Å²) in [5.41, 5.74) is -0.311. The number of fused-ring (bicyclic) bond motifs is 1. The van der Waals surface area contributed by atoms with Gasteiger partial charge in [0, 0.05) is 17.1 Å². The van der Waals surface area contributed by atoms with E-state index in [9.17, 15) is 18.0 Å². The van der Waals surface area contributed by atoms with Crippen LogP contribution in [0.1, 0.15) is 16.1 Å². The van der Waals surface area contributed by atoms with Crippen LogP contribution < -0.4 is 0 Å². The number of rotatable bonds is 6. The first-order valence-electron chi connectivity index (χ1n) is 8.50. The normalized spacial score (nSPS) is 11.2. The Morgan fingerprint density at radius 1 is 1.07 bits per heavy atom. The number of nitrogens with zero attached hydrogens (tertiary/aromatic N) is 3. The molecule has 4 rings (SSSR count). The van der Waals surface area contributed by atoms with Crippen molar-refractivity contribution in [3.05, 3.63) is 83.4 Å². The number of benzene rings is 2. The van der Waals surface area contributed by atoms with Crippen LogP contribution in [0.3, 0.4) is 0 Å². The summed E-state index contributed by atoms with van der Waals surface area (Å²) in [4.78, 5) is 25.9. The number of halogens is 3. The zero-order chi connectivity index (χ0) is 21.3. The van der Waals surface area contributed by atoms with Crippen molar-refractivity contribution in [3.63, 3.8) is 0 Å². The molecule has 30 heavy (non-hydrogen) atoms. The van der Waals surface area contributed by atoms with Gasteiger partial charge in [-0.1, -0.05) is 6.07 Å². The molecule has 0 saturated heterocycles. The van der Waals surface area contributed by atoms with Crippen LogP contribution in [0.25, 0.3) is 16.7 Å². The van der Waals surface area contributed by atoms with Gasteiger partial charge in [0.15, 0.2) is 0 Å². The minimum absolute atomic E-state index is 0.0651. The van der Waals surface area contributed by atoms with Gasteiger partial charge in [0.25, 0.3) is 0 Å². The van der Waals surface area contributed by atoms with Gasteiger partial charge < -0.3 is 0 Å². The number of ketones is 1. The lowest BCUT2D eigenvalue weighted by molar-refractivity contribution is -0.160. The van der Waals surface area contributed by atoms with E-state index in [2.05, 4.69) is 14.9 Å². The number of hydrogen-bond acceptors (Lipinski definition) is 6. The third-order valence-electron chi connectivity index (χ3n) is 4.20. The van der Waals surface area contributed by atoms with Crippen molar-refractivity contribution < 1.29 is 27.2 Å². The fourth-order valence-corrected chi connectivity index (χ4v) is 3.27. The van der Waals surface area contributed by atoms with Crippen molar-refractivity contribution in [3.8, 4) is 5.69 Å². The van der Waals surface area contributed by atoms with Gasteiger partial charge in [-0.2, -0.15) is 4.33 Å². The Morgan fingerprint density at radius 3 is 2.43 bits per heavy atom. The zero-order valence-electron chi connectivity index (χ0n) is 15.3. The molecule has 0 saturated carbocycles. The quantitative estimate of drug-likeness (QED) is 0.146. The van der Waals surface area contributed by atoms with E-state index in [0.717, 1.165) is 28.8 Å². The second-order valence-electron chi connectivity index (χ2n) is 6.02. The van der Waals surface area contributed by atoms with Gasteiger partial charge in [-0.05, 0) is 42.5 Å². The van der Waals surface area contributed by atoms with Crippen LogP contribution >= 0.6 is 12.0 Å². The molecule has 152 valence electrons. The van der Waals surface area contributed by atoms with Crippen molar-refractivity contribution in [1.29, 1.82) is 0 Å². The Kier molecular flexibility index (Phi) is 5.53. The molecule has 0 atom stereocenters. The van der Waals surface area contributed by atoms with Crippen LogP contribution in [0.2, 0.25) is 0 Å². The highest BCUT2D eigenvalue weighted by Crippen LogP contribution is 2.29. The summed E-state index contributed by atoms with van der Waals surface area (Å²) in [6, 6.07) is 9.60. The average molecular weight is 431 g/mol. The molecular formula is C20H12F3N3O3S. The van der Waals surface area contributed by atoms with Crippen molar-refractivity contribution in [1.82, 2.24) is 14.5 Å². The largest absolute Gasteiger partial charge is 0.287 e. The lowest BCUT2D eigenvalue weighted by Crippen LogP contribution is -2.12. The molecule has 2 aromatic heterocycles. The summed E-state index contributed by atoms with van der Waals surface area (Å²) in [5.74, 6) is -2.86. The van der Waals surface area contributed by atoms with Crippen LogP contribution in [-0.4, -0.2) is 27.4 Å². The molecule has 0 aliphatic heterocycles. The van der Waals surface area contributed by atoms with E-state index >= 15 is 0 Å². The van der Waals surface area contributed by atoms with E-state index in [4.69, 9.17) is 4.33 Å². The molecule has 0 bridgehead atoms. The van der Waals surface area contributed by atoms with Crippen molar-refractivity contribution in [2.45, 2.75) is 5.16 Å². The van der Waals surface area contributed by atoms with Gasteiger partial charge in [0.1, 0.15) is 40.8 Å². The van der Waals surface area contributed by atoms with E-state index in [1.165, 1.54) is 37.6 Å². The predicted molar refractivity (Wildman–Crippen MR) is 103 cm³/mol. The second kappa shape index (κ2) is 8.27. The summed E-state index contributed by atoms with van der Waals surface area (Å²) < 4.78 is 48.3. The van der Waals surface area contributed by atoms with Crippen LogP contribution in [0.15, 0.2) is 59.9 Å². The summed E-state index contributed by atoms with van der Waals surface area (Å²) >= 11 is 0.691. The fourth-order valence-electron chi connectivity index (χ4n) is 2.92. The van der Waals surface area contributed by atoms with Gasteiger partial charge >= 0.3 is 0 Å². The van der Waals surface area contributed by atoms with Crippen LogP contribution in [-0.2, 0) is 9.22 Å². The second-order valence-corrected chi connectivity index (χ2v) is 6.69. The van der Waals surface area contributed by atoms with Gasteiger partial charge in [-0.3, -0.25) is 9.36 Å². The first kappa shape index (κ1) is 20.1. The van der Waals surface area contributed by atoms with E-state index < -0.39 is 28.9 Å². The molecule has 0 fully saturated rings. The minimum Gasteiger partial charge on any atom is -0.287 e. The minimum atomic E-state index is -0.887. The molecule has 4 aromatic rings. The Morgan fingerprint density at radius 2 is 1.77 bits per heavy atom. The van der Waals surface area contributed by atoms with Gasteiger partial charge in [0.2, 0.25) is 10.9 Å². The maximum Gasteiger partial charge on any atom is 0.220 e. The monoisotopic (exact) mass is 431 g/mol. The molecule has 2 heterocycles. The van der Waals surface area contributed by atoms with E-state index in [0.29, 0.717) is 17.4 Å². The molecule has 0 amide bonds. The Labute approximate surface area is 172 Å². The molecule has 0 aliphatic carbocycles. The Bertz CT molecular complexity index is 1230. The lowest BCUT2D eigenvalue weighted by atomic mass is 10.1. The number of carbonyl (C=O) groups is 1. The van der Waals surface area contributed by atoms with E-state index in [1.54, 1.807) is 0 Å². The summed E-state index contributed by atoms with van der Waals surface area (Å²) in [5, 5.41) is 0.464. The first-order valence-corrected chi connectivity index (χ1v) is 9.24. The van der Waals surface area contributed by atoms with Crippen molar-refractivity contribution in [2.75, 3.05) is 7.11 Å². The third kappa shape index (κ3) is 3.67. The third-order valence-corrected chi connectivity index (χ3v) is 4.75. The summed E-state index contributed by atoms with van der Waals surface area (Å²) in [7, 11) is 1.29. The standard InChI is InChI=1S/C20H12F3N3O3S/c1-28-29-30-20-24-10-12-9-16(18(27)11-5-7-13(21)8-6-11)26(19(12)25-20)17-14(22)3-2-4-15(17)23/h2-10H,1H3. The highest BCUT2D eigenvalue weighted by atomic mass is 32.2. The number of carbonyl (C=O) groups excluding carboxylic acids is 1. The zero-order valence-corrected chi connectivity index (χ0v) is 16.1. The highest BCUT2D eigenvalue weighted by molar-refractivity contribution is 7.94. The number of para-hydroxylation sites is 1. The van der Waals surface area contributed by atoms with E-state index in [1.807, 2.05) is 0 Å². The van der Waals surface area contributed by atoms with Crippen molar-refractivity contribution in [2.24, 2.45) is 0 Å². The maximum absolute atomic E-state index is 14.6. The SMILES string of the molecule is COOSc1ncc2cc(C(=O)c3ccc(F)cc3)n(-c3c(F)cccc3F)c2n1. The molecule has 6 nitrogen and oxygen atoms in total. The lowest BCUT2D eigenvalue weighted by Gasteiger charge is -2.12. The molecule has 2 aromatic carbocycles. The van der Waals surface area contributed by atoms with Gasteiger partial charge in [-0.25, -0.2) is 28.0 Å². The Hall–Kier alpha value is -3.21. The topological polar surface area (TPSA) is 66.2 Å². The molecule has 0 N–H and O–H groups in total. The smallest absolute Gasteiger partial charge is 0.220 e. The van der Waals surface area contributed by atoms with Crippen LogP contribution in [0, 0.1) is 17.5 Å². The molecule has 0 spiro atoms. The predicted octanol–water partition coefficient (Wildman–Crippen LogP) is 4.65.